The Morgan fingerprint density at radius 2 is 2.04 bits per heavy atom. The Labute approximate surface area is 138 Å². The van der Waals surface area contributed by atoms with E-state index in [2.05, 4.69) is 20.6 Å². The molecule has 0 atom stereocenters. The van der Waals surface area contributed by atoms with Gasteiger partial charge in [-0.05, 0) is 18.9 Å². The number of fused-ring (bicyclic) bond motifs is 1. The molecule has 8 nitrogen and oxygen atoms in total. The predicted molar refractivity (Wildman–Crippen MR) is 88.9 cm³/mol. The Kier molecular flexibility index (Phi) is 5.89. The smallest absolute Gasteiger partial charge is 0.273 e. The lowest BCUT2D eigenvalue weighted by Crippen LogP contribution is -2.28. The van der Waals surface area contributed by atoms with E-state index in [0.717, 1.165) is 6.42 Å². The Morgan fingerprint density at radius 3 is 2.79 bits per heavy atom. The first-order valence-electron chi connectivity index (χ1n) is 7.78. The number of nitrogens with zero attached hydrogens (tertiary/aromatic N) is 1. The summed E-state index contributed by atoms with van der Waals surface area (Å²) in [6, 6.07) is 1.50. The largest absolute Gasteiger partial charge is 0.505 e. The number of amides is 2. The second kappa shape index (κ2) is 8.09. The molecule has 0 saturated carbocycles. The summed E-state index contributed by atoms with van der Waals surface area (Å²) in [4.78, 5) is 41.5. The van der Waals surface area contributed by atoms with Crippen LogP contribution in [0.4, 0.5) is 0 Å². The molecule has 0 radical (unpaired) electrons. The topological polar surface area (TPSA) is 124 Å². The molecule has 2 aromatic heterocycles. The van der Waals surface area contributed by atoms with Gasteiger partial charge in [0.25, 0.3) is 11.5 Å². The van der Waals surface area contributed by atoms with Crippen molar-refractivity contribution in [3.05, 3.63) is 34.5 Å². The number of hydrogen-bond acceptors (Lipinski definition) is 5. The molecule has 0 aliphatic carbocycles. The number of carbonyl (C=O) groups is 2. The molecule has 128 valence electrons. The standard InChI is InChI=1S/C16H20N4O4/c1-2-6-17-12(21)4-3-7-18-16(24)13-14(22)10-5-8-19-15(23)11(10)9-20-13/h5,8-9,22H,2-4,6-7H2,1H3,(H,17,21)(H,18,24)(H,19,23). The molecule has 2 amide bonds. The van der Waals surface area contributed by atoms with Gasteiger partial charge in [-0.1, -0.05) is 6.92 Å². The van der Waals surface area contributed by atoms with Crippen LogP contribution in [0.1, 0.15) is 36.7 Å². The molecule has 0 bridgehead atoms. The van der Waals surface area contributed by atoms with E-state index in [-0.39, 0.29) is 40.2 Å². The third-order valence-corrected chi connectivity index (χ3v) is 3.45. The van der Waals surface area contributed by atoms with E-state index < -0.39 is 5.91 Å². The van der Waals surface area contributed by atoms with Gasteiger partial charge in [-0.3, -0.25) is 14.4 Å². The van der Waals surface area contributed by atoms with Gasteiger partial charge < -0.3 is 20.7 Å². The van der Waals surface area contributed by atoms with E-state index in [0.29, 0.717) is 19.4 Å². The van der Waals surface area contributed by atoms with Crippen LogP contribution in [-0.2, 0) is 4.79 Å². The molecule has 0 aliphatic rings. The molecule has 0 aromatic carbocycles. The maximum atomic E-state index is 12.1. The van der Waals surface area contributed by atoms with E-state index in [1.807, 2.05) is 6.92 Å². The molecular weight excluding hydrogens is 312 g/mol. The van der Waals surface area contributed by atoms with Gasteiger partial charge in [-0.2, -0.15) is 0 Å². The number of nitrogens with one attached hydrogen (secondary N) is 3. The average molecular weight is 332 g/mol. The molecule has 4 N–H and O–H groups in total. The lowest BCUT2D eigenvalue weighted by Gasteiger charge is -2.08. The zero-order valence-corrected chi connectivity index (χ0v) is 13.4. The Hall–Kier alpha value is -2.90. The zero-order chi connectivity index (χ0) is 17.5. The number of rotatable bonds is 7. The molecular formula is C16H20N4O4. The van der Waals surface area contributed by atoms with Crippen molar-refractivity contribution in [2.45, 2.75) is 26.2 Å². The van der Waals surface area contributed by atoms with Crippen molar-refractivity contribution < 1.29 is 14.7 Å². The normalized spacial score (nSPS) is 10.5. The number of aromatic nitrogens is 2. The number of aromatic hydroxyl groups is 1. The summed E-state index contributed by atoms with van der Waals surface area (Å²) in [5.74, 6) is -0.947. The fourth-order valence-electron chi connectivity index (χ4n) is 2.20. The van der Waals surface area contributed by atoms with Crippen molar-refractivity contribution >= 4 is 22.6 Å². The van der Waals surface area contributed by atoms with Gasteiger partial charge >= 0.3 is 0 Å². The summed E-state index contributed by atoms with van der Waals surface area (Å²) in [5.41, 5.74) is -0.538. The predicted octanol–water partition coefficient (Wildman–Crippen LogP) is 0.665. The fourth-order valence-corrected chi connectivity index (χ4v) is 2.20. The Bertz CT molecular complexity index is 800. The van der Waals surface area contributed by atoms with Crippen LogP contribution in [0, 0.1) is 0 Å². The highest BCUT2D eigenvalue weighted by molar-refractivity contribution is 6.01. The lowest BCUT2D eigenvalue weighted by atomic mass is 10.1. The molecule has 24 heavy (non-hydrogen) atoms. The second-order valence-corrected chi connectivity index (χ2v) is 5.30. The first kappa shape index (κ1) is 17.5. The first-order valence-corrected chi connectivity index (χ1v) is 7.78. The molecule has 8 heteroatoms. The molecule has 0 saturated heterocycles. The minimum Gasteiger partial charge on any atom is -0.505 e. The minimum atomic E-state index is -0.552. The van der Waals surface area contributed by atoms with Crippen LogP contribution in [0.25, 0.3) is 10.8 Å². The summed E-state index contributed by atoms with van der Waals surface area (Å²) in [6.45, 7) is 2.89. The maximum absolute atomic E-state index is 12.1. The van der Waals surface area contributed by atoms with E-state index in [1.165, 1.54) is 18.5 Å². The van der Waals surface area contributed by atoms with Gasteiger partial charge in [-0.15, -0.1) is 0 Å². The number of hydrogen-bond donors (Lipinski definition) is 4. The first-order chi connectivity index (χ1) is 11.5. The minimum absolute atomic E-state index is 0.0583. The molecule has 2 rings (SSSR count). The quantitative estimate of drug-likeness (QED) is 0.555. The number of pyridine rings is 2. The van der Waals surface area contributed by atoms with Gasteiger partial charge in [0.15, 0.2) is 11.4 Å². The van der Waals surface area contributed by atoms with Gasteiger partial charge in [-0.25, -0.2) is 4.98 Å². The molecule has 0 aliphatic heterocycles. The SMILES string of the molecule is CCCNC(=O)CCCNC(=O)c1ncc2c(=O)[nH]ccc2c1O. The lowest BCUT2D eigenvalue weighted by molar-refractivity contribution is -0.121. The van der Waals surface area contributed by atoms with Crippen LogP contribution in [0.2, 0.25) is 0 Å². The summed E-state index contributed by atoms with van der Waals surface area (Å²) in [6.07, 6.45) is 4.31. The molecule has 0 fully saturated rings. The van der Waals surface area contributed by atoms with Crippen LogP contribution >= 0.6 is 0 Å². The maximum Gasteiger partial charge on any atom is 0.273 e. The highest BCUT2D eigenvalue weighted by Gasteiger charge is 2.16. The highest BCUT2D eigenvalue weighted by Crippen LogP contribution is 2.24. The van der Waals surface area contributed by atoms with Crippen LogP contribution < -0.4 is 16.2 Å². The molecule has 2 aromatic rings. The third-order valence-electron chi connectivity index (χ3n) is 3.45. The van der Waals surface area contributed by atoms with Gasteiger partial charge in [0, 0.05) is 37.3 Å². The Balaban J connectivity index is 1.96. The summed E-state index contributed by atoms with van der Waals surface area (Å²) in [5, 5.41) is 16.0. The van der Waals surface area contributed by atoms with Crippen LogP contribution in [0.5, 0.6) is 5.75 Å². The Morgan fingerprint density at radius 1 is 1.25 bits per heavy atom. The van der Waals surface area contributed by atoms with E-state index >= 15 is 0 Å². The highest BCUT2D eigenvalue weighted by atomic mass is 16.3. The van der Waals surface area contributed by atoms with Gasteiger partial charge in [0.1, 0.15) is 0 Å². The van der Waals surface area contributed by atoms with Crippen molar-refractivity contribution in [2.75, 3.05) is 13.1 Å². The molecule has 0 spiro atoms. The van der Waals surface area contributed by atoms with Crippen LogP contribution in [0.3, 0.4) is 0 Å². The molecule has 0 unspecified atom stereocenters. The van der Waals surface area contributed by atoms with E-state index in [9.17, 15) is 19.5 Å². The van der Waals surface area contributed by atoms with Crippen LogP contribution in [-0.4, -0.2) is 40.0 Å². The van der Waals surface area contributed by atoms with Crippen LogP contribution in [0.15, 0.2) is 23.3 Å². The van der Waals surface area contributed by atoms with E-state index in [1.54, 1.807) is 0 Å². The van der Waals surface area contributed by atoms with Gasteiger partial charge in [0.05, 0.1) is 5.39 Å². The fraction of sp³-hybridized carbons (Fsp3) is 0.375. The second-order valence-electron chi connectivity index (χ2n) is 5.30. The zero-order valence-electron chi connectivity index (χ0n) is 13.4. The van der Waals surface area contributed by atoms with Crippen molar-refractivity contribution in [2.24, 2.45) is 0 Å². The van der Waals surface area contributed by atoms with E-state index in [4.69, 9.17) is 0 Å². The average Bonchev–Trinajstić information content (AvgIpc) is 2.57. The van der Waals surface area contributed by atoms with Gasteiger partial charge in [0.2, 0.25) is 5.91 Å². The van der Waals surface area contributed by atoms with Crippen molar-refractivity contribution in [3.63, 3.8) is 0 Å². The number of H-pyrrole nitrogens is 1. The van der Waals surface area contributed by atoms with Crippen molar-refractivity contribution in [3.8, 4) is 5.75 Å². The summed E-state index contributed by atoms with van der Waals surface area (Å²) in [7, 11) is 0. The summed E-state index contributed by atoms with van der Waals surface area (Å²) < 4.78 is 0. The molecule has 2 heterocycles. The number of carbonyl (C=O) groups excluding carboxylic acids is 2. The van der Waals surface area contributed by atoms with Crippen molar-refractivity contribution in [1.29, 1.82) is 0 Å². The third kappa shape index (κ3) is 4.09. The van der Waals surface area contributed by atoms with Crippen molar-refractivity contribution in [1.82, 2.24) is 20.6 Å². The number of aromatic amines is 1. The monoisotopic (exact) mass is 332 g/mol. The summed E-state index contributed by atoms with van der Waals surface area (Å²) >= 11 is 0.